The number of hydrogen-bond acceptors (Lipinski definition) is 4. The lowest BCUT2D eigenvalue weighted by Gasteiger charge is -2.04. The Hall–Kier alpha value is -0.480. The highest BCUT2D eigenvalue weighted by Gasteiger charge is 2.03. The minimum absolute atomic E-state index is 0.887. The van der Waals surface area contributed by atoms with Gasteiger partial charge < -0.3 is 0 Å². The molecule has 0 aromatic carbocycles. The smallest absolute Gasteiger partial charge is 0.122 e. The molecule has 2 nitrogen and oxygen atoms in total. The fourth-order valence-corrected chi connectivity index (χ4v) is 2.78. The molecule has 4 heteroatoms. The van der Waals surface area contributed by atoms with Gasteiger partial charge in [0.2, 0.25) is 0 Å². The third-order valence-corrected chi connectivity index (χ3v) is 4.07. The summed E-state index contributed by atoms with van der Waals surface area (Å²) < 4.78 is 0. The molecule has 0 aliphatic rings. The lowest BCUT2D eigenvalue weighted by atomic mass is 10.4. The highest BCUT2D eigenvalue weighted by atomic mass is 32.2. The van der Waals surface area contributed by atoms with Crippen LogP contribution in [0, 0.1) is 6.92 Å². The Morgan fingerprint density at radius 3 is 2.81 bits per heavy atom. The zero-order valence-electron chi connectivity index (χ0n) is 9.90. The van der Waals surface area contributed by atoms with Crippen LogP contribution in [0.3, 0.4) is 0 Å². The van der Waals surface area contributed by atoms with Crippen LogP contribution < -0.4 is 0 Å². The number of unbranched alkanes of at least 4 members (excludes halogenated alkanes) is 1. The molecule has 0 fully saturated rings. The molecule has 0 aliphatic carbocycles. The summed E-state index contributed by atoms with van der Waals surface area (Å²) in [5, 5.41) is 10.5. The molecule has 0 unspecified atom stereocenters. The third kappa shape index (κ3) is 4.58. The van der Waals surface area contributed by atoms with E-state index >= 15 is 0 Å². The topological polar surface area (TPSA) is 25.8 Å². The minimum Gasteiger partial charge on any atom is -0.143 e. The van der Waals surface area contributed by atoms with Crippen LogP contribution >= 0.6 is 23.5 Å². The van der Waals surface area contributed by atoms with Crippen LogP contribution in [-0.2, 0) is 0 Å². The predicted octanol–water partition coefficient (Wildman–Crippen LogP) is 3.96. The Morgan fingerprint density at radius 2 is 2.19 bits per heavy atom. The Bertz CT molecular complexity index is 340. The molecule has 0 aliphatic heterocycles. The van der Waals surface area contributed by atoms with Gasteiger partial charge in [0.15, 0.2) is 0 Å². The van der Waals surface area contributed by atoms with Crippen LogP contribution in [0.25, 0.3) is 0 Å². The van der Waals surface area contributed by atoms with Crippen molar-refractivity contribution >= 4 is 23.5 Å². The van der Waals surface area contributed by atoms with Crippen LogP contribution in [0.5, 0.6) is 0 Å². The maximum Gasteiger partial charge on any atom is 0.122 e. The van der Waals surface area contributed by atoms with Crippen molar-refractivity contribution in [3.8, 4) is 0 Å². The normalized spacial score (nSPS) is 10.4. The molecule has 0 spiro atoms. The molecule has 0 bridgehead atoms. The summed E-state index contributed by atoms with van der Waals surface area (Å²) in [6.45, 7) is 7.99. The highest BCUT2D eigenvalue weighted by molar-refractivity contribution is 7.99. The zero-order valence-corrected chi connectivity index (χ0v) is 11.5. The first-order chi connectivity index (χ1) is 7.77. The van der Waals surface area contributed by atoms with Gasteiger partial charge in [-0.15, -0.1) is 40.3 Å². The van der Waals surface area contributed by atoms with E-state index < -0.39 is 0 Å². The molecule has 0 radical (unpaired) electrons. The molecule has 0 atom stereocenters. The average Bonchev–Trinajstić information content (AvgIpc) is 2.28. The molecule has 0 saturated heterocycles. The third-order valence-electron chi connectivity index (χ3n) is 2.00. The molecule has 1 aromatic heterocycles. The molecule has 16 heavy (non-hydrogen) atoms. The molecule has 1 heterocycles. The number of rotatable bonds is 7. The largest absolute Gasteiger partial charge is 0.143 e. The van der Waals surface area contributed by atoms with Crippen molar-refractivity contribution in [2.75, 3.05) is 11.5 Å². The van der Waals surface area contributed by atoms with Crippen molar-refractivity contribution in [2.24, 2.45) is 0 Å². The van der Waals surface area contributed by atoms with Crippen molar-refractivity contribution in [3.05, 3.63) is 24.3 Å². The van der Waals surface area contributed by atoms with E-state index in [2.05, 4.69) is 36.7 Å². The lowest BCUT2D eigenvalue weighted by Crippen LogP contribution is -1.93. The second-order valence-corrected chi connectivity index (χ2v) is 5.60. The van der Waals surface area contributed by atoms with Crippen molar-refractivity contribution in [2.45, 2.75) is 36.7 Å². The first kappa shape index (κ1) is 13.6. The fraction of sp³-hybridized carbons (Fsp3) is 0.500. The first-order valence-corrected chi connectivity index (χ1v) is 7.45. The van der Waals surface area contributed by atoms with E-state index in [0.29, 0.717) is 0 Å². The van der Waals surface area contributed by atoms with Crippen LogP contribution in [0.4, 0.5) is 0 Å². The van der Waals surface area contributed by atoms with E-state index in [4.69, 9.17) is 0 Å². The van der Waals surface area contributed by atoms with Crippen LogP contribution in [0.15, 0.2) is 28.8 Å². The van der Waals surface area contributed by atoms with E-state index in [1.54, 1.807) is 23.5 Å². The molecule has 0 N–H and O–H groups in total. The second-order valence-electron chi connectivity index (χ2n) is 3.47. The van der Waals surface area contributed by atoms with Crippen molar-refractivity contribution in [1.29, 1.82) is 0 Å². The summed E-state index contributed by atoms with van der Waals surface area (Å²) in [7, 11) is 0. The van der Waals surface area contributed by atoms with Gasteiger partial charge >= 0.3 is 0 Å². The SMILES string of the molecule is C=CCSc1nnc(SCCCC)cc1C. The first-order valence-electron chi connectivity index (χ1n) is 5.48. The highest BCUT2D eigenvalue weighted by Crippen LogP contribution is 2.23. The average molecular weight is 254 g/mol. The van der Waals surface area contributed by atoms with Crippen molar-refractivity contribution < 1.29 is 0 Å². The van der Waals surface area contributed by atoms with Gasteiger partial charge in [-0.25, -0.2) is 0 Å². The van der Waals surface area contributed by atoms with Gasteiger partial charge in [0.1, 0.15) is 10.1 Å². The van der Waals surface area contributed by atoms with Gasteiger partial charge in [0.05, 0.1) is 0 Å². The van der Waals surface area contributed by atoms with Crippen LogP contribution in [-0.4, -0.2) is 21.7 Å². The summed E-state index contributed by atoms with van der Waals surface area (Å²) in [5.41, 5.74) is 1.21. The van der Waals surface area contributed by atoms with E-state index in [0.717, 1.165) is 21.6 Å². The van der Waals surface area contributed by atoms with Gasteiger partial charge in [0, 0.05) is 5.75 Å². The molecular weight excluding hydrogens is 236 g/mol. The van der Waals surface area contributed by atoms with Crippen LogP contribution in [0.1, 0.15) is 25.3 Å². The molecule has 0 amide bonds. The van der Waals surface area contributed by atoms with Gasteiger partial charge in [-0.1, -0.05) is 19.4 Å². The van der Waals surface area contributed by atoms with E-state index in [1.165, 1.54) is 18.4 Å². The number of thioether (sulfide) groups is 2. The van der Waals surface area contributed by atoms with Crippen LogP contribution in [0.2, 0.25) is 0 Å². The van der Waals surface area contributed by atoms with Gasteiger partial charge in [-0.3, -0.25) is 0 Å². The zero-order chi connectivity index (χ0) is 11.8. The van der Waals surface area contributed by atoms with E-state index in [1.807, 2.05) is 6.08 Å². The predicted molar refractivity (Wildman–Crippen MR) is 73.3 cm³/mol. The van der Waals surface area contributed by atoms with Gasteiger partial charge in [-0.05, 0) is 30.7 Å². The lowest BCUT2D eigenvalue weighted by molar-refractivity contribution is 0.832. The van der Waals surface area contributed by atoms with Gasteiger partial charge in [-0.2, -0.15) is 0 Å². The number of aryl methyl sites for hydroxylation is 1. The number of hydrogen-bond donors (Lipinski definition) is 0. The van der Waals surface area contributed by atoms with E-state index in [-0.39, 0.29) is 0 Å². The molecule has 1 rings (SSSR count). The van der Waals surface area contributed by atoms with E-state index in [9.17, 15) is 0 Å². The van der Waals surface area contributed by atoms with Gasteiger partial charge in [0.25, 0.3) is 0 Å². The van der Waals surface area contributed by atoms with Crippen molar-refractivity contribution in [1.82, 2.24) is 10.2 Å². The Labute approximate surface area is 106 Å². The number of aromatic nitrogens is 2. The molecule has 88 valence electrons. The molecule has 0 saturated carbocycles. The standard InChI is InChI=1S/C12H18N2S2/c1-4-6-8-15-11-9-10(3)12(14-13-11)16-7-5-2/h5,9H,2,4,6-8H2,1,3H3. The summed E-state index contributed by atoms with van der Waals surface area (Å²) in [5.74, 6) is 2.02. The Morgan fingerprint density at radius 1 is 1.38 bits per heavy atom. The summed E-state index contributed by atoms with van der Waals surface area (Å²) in [6, 6.07) is 2.12. The Balaban J connectivity index is 2.56. The van der Waals surface area contributed by atoms with Crippen molar-refractivity contribution in [3.63, 3.8) is 0 Å². The quantitative estimate of drug-likeness (QED) is 0.418. The fourth-order valence-electron chi connectivity index (χ4n) is 1.12. The summed E-state index contributed by atoms with van der Waals surface area (Å²) in [6.07, 6.45) is 4.35. The monoisotopic (exact) mass is 254 g/mol. The summed E-state index contributed by atoms with van der Waals surface area (Å²) >= 11 is 3.47. The maximum absolute atomic E-state index is 4.24. The number of nitrogens with zero attached hydrogens (tertiary/aromatic N) is 2. The second kappa shape index (κ2) is 7.74. The Kier molecular flexibility index (Phi) is 6.57. The minimum atomic E-state index is 0.887. The maximum atomic E-state index is 4.24. The molecular formula is C12H18N2S2. The molecule has 1 aromatic rings. The summed E-state index contributed by atoms with van der Waals surface area (Å²) in [4.78, 5) is 0.